The molecule has 0 radical (unpaired) electrons. The van der Waals surface area contributed by atoms with Gasteiger partial charge in [-0.1, -0.05) is 12.1 Å². The maximum Gasteiger partial charge on any atom is 0.147 e. The van der Waals surface area contributed by atoms with Crippen LogP contribution in [0, 0.1) is 5.92 Å². The third-order valence-corrected chi connectivity index (χ3v) is 3.61. The summed E-state index contributed by atoms with van der Waals surface area (Å²) in [6.45, 7) is 2.76. The summed E-state index contributed by atoms with van der Waals surface area (Å²) in [6, 6.07) is 7.97. The van der Waals surface area contributed by atoms with Gasteiger partial charge in [-0.3, -0.25) is 4.98 Å². The summed E-state index contributed by atoms with van der Waals surface area (Å²) in [5, 5.41) is 0. The summed E-state index contributed by atoms with van der Waals surface area (Å²) in [4.78, 5) is 11.3. The van der Waals surface area contributed by atoms with Crippen LogP contribution < -0.4 is 4.90 Å². The Morgan fingerprint density at radius 3 is 2.95 bits per heavy atom. The van der Waals surface area contributed by atoms with Crippen LogP contribution in [0.3, 0.4) is 0 Å². The molecular weight excluding hydrogens is 238 g/mol. The molecule has 4 nitrogen and oxygen atoms in total. The molecule has 19 heavy (non-hydrogen) atoms. The molecule has 1 aliphatic heterocycles. The highest BCUT2D eigenvalue weighted by molar-refractivity contribution is 5.75. The Balaban J connectivity index is 1.75. The van der Waals surface area contributed by atoms with Crippen LogP contribution in [0.5, 0.6) is 0 Å². The summed E-state index contributed by atoms with van der Waals surface area (Å²) >= 11 is 0. The van der Waals surface area contributed by atoms with Gasteiger partial charge in [0.2, 0.25) is 0 Å². The average molecular weight is 257 g/mol. The molecule has 2 heterocycles. The minimum atomic E-state index is 0.604. The number of anilines is 1. The fraction of sp³-hybridized carbons (Fsp3) is 0.467. The standard InChI is InChI=1S/C15H19N3O/c1-18(10-12-5-4-8-19-11-12)15-9-16-13-6-2-3-7-14(13)17-15/h2-3,6-7,9,12H,4-5,8,10-11H2,1H3/t12-/m0/s1. The Bertz CT molecular complexity index is 552. The molecule has 1 atom stereocenters. The van der Waals surface area contributed by atoms with Crippen molar-refractivity contribution in [2.75, 3.05) is 31.7 Å². The maximum absolute atomic E-state index is 5.53. The Morgan fingerprint density at radius 2 is 2.16 bits per heavy atom. The first-order valence-corrected chi connectivity index (χ1v) is 6.83. The summed E-state index contributed by atoms with van der Waals surface area (Å²) in [5.74, 6) is 1.54. The van der Waals surface area contributed by atoms with Crippen LogP contribution in [0.25, 0.3) is 11.0 Å². The quantitative estimate of drug-likeness (QED) is 0.846. The van der Waals surface area contributed by atoms with E-state index < -0.39 is 0 Å². The molecule has 0 amide bonds. The Morgan fingerprint density at radius 1 is 1.32 bits per heavy atom. The van der Waals surface area contributed by atoms with Crippen molar-refractivity contribution in [3.05, 3.63) is 30.5 Å². The van der Waals surface area contributed by atoms with Crippen molar-refractivity contribution in [2.24, 2.45) is 5.92 Å². The molecule has 1 aliphatic rings. The van der Waals surface area contributed by atoms with E-state index in [1.54, 1.807) is 0 Å². The zero-order valence-electron chi connectivity index (χ0n) is 11.2. The van der Waals surface area contributed by atoms with E-state index in [0.29, 0.717) is 5.92 Å². The summed E-state index contributed by atoms with van der Waals surface area (Å²) in [6.07, 6.45) is 4.26. The fourth-order valence-electron chi connectivity index (χ4n) is 2.56. The van der Waals surface area contributed by atoms with Crippen LogP contribution in [-0.4, -0.2) is 36.8 Å². The molecule has 4 heteroatoms. The molecule has 0 aliphatic carbocycles. The number of hydrogen-bond acceptors (Lipinski definition) is 4. The third kappa shape index (κ3) is 2.84. The van der Waals surface area contributed by atoms with E-state index in [1.165, 1.54) is 12.8 Å². The van der Waals surface area contributed by atoms with Crippen LogP contribution in [0.1, 0.15) is 12.8 Å². The molecule has 1 saturated heterocycles. The van der Waals surface area contributed by atoms with Crippen LogP contribution >= 0.6 is 0 Å². The minimum absolute atomic E-state index is 0.604. The van der Waals surface area contributed by atoms with E-state index in [4.69, 9.17) is 4.74 Å². The molecule has 1 aromatic heterocycles. The lowest BCUT2D eigenvalue weighted by atomic mass is 10.0. The first kappa shape index (κ1) is 12.4. The van der Waals surface area contributed by atoms with Gasteiger partial charge < -0.3 is 9.64 Å². The summed E-state index contributed by atoms with van der Waals surface area (Å²) < 4.78 is 5.53. The van der Waals surface area contributed by atoms with E-state index in [9.17, 15) is 0 Å². The highest BCUT2D eigenvalue weighted by Gasteiger charge is 2.16. The Labute approximate surface area is 113 Å². The van der Waals surface area contributed by atoms with Crippen molar-refractivity contribution in [3.63, 3.8) is 0 Å². The second-order valence-corrected chi connectivity index (χ2v) is 5.18. The van der Waals surface area contributed by atoms with Crippen LogP contribution in [0.15, 0.2) is 30.5 Å². The smallest absolute Gasteiger partial charge is 0.147 e. The number of hydrogen-bond donors (Lipinski definition) is 0. The molecule has 0 unspecified atom stereocenters. The molecule has 3 rings (SSSR count). The lowest BCUT2D eigenvalue weighted by Gasteiger charge is -2.27. The average Bonchev–Trinajstić information content (AvgIpc) is 2.48. The van der Waals surface area contributed by atoms with Crippen molar-refractivity contribution in [1.82, 2.24) is 9.97 Å². The van der Waals surface area contributed by atoms with Gasteiger partial charge in [0.05, 0.1) is 23.8 Å². The van der Waals surface area contributed by atoms with Crippen LogP contribution in [-0.2, 0) is 4.74 Å². The molecule has 0 N–H and O–H groups in total. The van der Waals surface area contributed by atoms with Crippen molar-refractivity contribution in [2.45, 2.75) is 12.8 Å². The second kappa shape index (κ2) is 5.53. The summed E-state index contributed by atoms with van der Waals surface area (Å²) in [5.41, 5.74) is 1.90. The van der Waals surface area contributed by atoms with Gasteiger partial charge in [-0.05, 0) is 30.9 Å². The number of aromatic nitrogens is 2. The third-order valence-electron chi connectivity index (χ3n) is 3.61. The molecule has 0 saturated carbocycles. The van der Waals surface area contributed by atoms with Crippen molar-refractivity contribution in [1.29, 1.82) is 0 Å². The van der Waals surface area contributed by atoms with Gasteiger partial charge in [-0.25, -0.2) is 4.98 Å². The Kier molecular flexibility index (Phi) is 3.60. The second-order valence-electron chi connectivity index (χ2n) is 5.18. The van der Waals surface area contributed by atoms with Gasteiger partial charge in [0, 0.05) is 20.2 Å². The lowest BCUT2D eigenvalue weighted by molar-refractivity contribution is 0.0576. The van der Waals surface area contributed by atoms with Crippen LogP contribution in [0.2, 0.25) is 0 Å². The van der Waals surface area contributed by atoms with Crippen LogP contribution in [0.4, 0.5) is 5.82 Å². The SMILES string of the molecule is CN(C[C@@H]1CCCOC1)c1cnc2ccccc2n1. The first-order chi connectivity index (χ1) is 9.33. The van der Waals surface area contributed by atoms with E-state index >= 15 is 0 Å². The number of para-hydroxylation sites is 2. The largest absolute Gasteiger partial charge is 0.381 e. The predicted molar refractivity (Wildman–Crippen MR) is 76.4 cm³/mol. The number of fused-ring (bicyclic) bond motifs is 1. The van der Waals surface area contributed by atoms with Gasteiger partial charge in [-0.15, -0.1) is 0 Å². The molecule has 1 fully saturated rings. The number of ether oxygens (including phenoxy) is 1. The maximum atomic E-state index is 5.53. The predicted octanol–water partition coefficient (Wildman–Crippen LogP) is 2.49. The highest BCUT2D eigenvalue weighted by atomic mass is 16.5. The van der Waals surface area contributed by atoms with Crippen molar-refractivity contribution < 1.29 is 4.74 Å². The van der Waals surface area contributed by atoms with E-state index in [0.717, 1.165) is 36.6 Å². The fourth-order valence-corrected chi connectivity index (χ4v) is 2.56. The molecular formula is C15H19N3O. The van der Waals surface area contributed by atoms with Crippen molar-refractivity contribution in [3.8, 4) is 0 Å². The summed E-state index contributed by atoms with van der Waals surface area (Å²) in [7, 11) is 2.08. The first-order valence-electron chi connectivity index (χ1n) is 6.83. The normalized spacial score (nSPS) is 19.5. The zero-order chi connectivity index (χ0) is 13.1. The number of rotatable bonds is 3. The lowest BCUT2D eigenvalue weighted by Crippen LogP contribution is -2.31. The van der Waals surface area contributed by atoms with Gasteiger partial charge in [-0.2, -0.15) is 0 Å². The van der Waals surface area contributed by atoms with Gasteiger partial charge in [0.25, 0.3) is 0 Å². The Hall–Kier alpha value is -1.68. The van der Waals surface area contributed by atoms with Gasteiger partial charge in [0.1, 0.15) is 5.82 Å². The van der Waals surface area contributed by atoms with Gasteiger partial charge in [0.15, 0.2) is 0 Å². The number of benzene rings is 1. The number of nitrogens with zero attached hydrogens (tertiary/aromatic N) is 3. The van der Waals surface area contributed by atoms with Crippen molar-refractivity contribution >= 4 is 16.9 Å². The van der Waals surface area contributed by atoms with E-state index in [2.05, 4.69) is 21.9 Å². The molecule has 1 aromatic carbocycles. The van der Waals surface area contributed by atoms with Gasteiger partial charge >= 0.3 is 0 Å². The highest BCUT2D eigenvalue weighted by Crippen LogP contribution is 2.19. The molecule has 100 valence electrons. The monoisotopic (exact) mass is 257 g/mol. The zero-order valence-corrected chi connectivity index (χ0v) is 11.2. The molecule has 0 bridgehead atoms. The van der Waals surface area contributed by atoms with E-state index in [1.807, 2.05) is 30.5 Å². The molecule has 0 spiro atoms. The minimum Gasteiger partial charge on any atom is -0.381 e. The molecule has 2 aromatic rings. The topological polar surface area (TPSA) is 38.2 Å². The van der Waals surface area contributed by atoms with E-state index in [-0.39, 0.29) is 0 Å².